The average Bonchev–Trinajstić information content (AvgIpc) is 2.42. The van der Waals surface area contributed by atoms with Crippen molar-refractivity contribution in [2.45, 2.75) is 44.9 Å². The number of rotatable bonds is 11. The topological polar surface area (TPSA) is 32.3 Å². The molecule has 1 rings (SSSR count). The minimum absolute atomic E-state index is 0.348. The fourth-order valence-electron chi connectivity index (χ4n) is 2.07. The van der Waals surface area contributed by atoms with E-state index in [4.69, 9.17) is 5.11 Å². The second-order valence-corrected chi connectivity index (χ2v) is 4.83. The number of aliphatic hydroxyl groups is 1. The van der Waals surface area contributed by atoms with E-state index in [-0.39, 0.29) is 0 Å². The Morgan fingerprint density at radius 3 is 2.17 bits per heavy atom. The molecule has 2 N–H and O–H groups in total. The Morgan fingerprint density at radius 2 is 1.44 bits per heavy atom. The lowest BCUT2D eigenvalue weighted by Gasteiger charge is -2.05. The van der Waals surface area contributed by atoms with Gasteiger partial charge in [-0.3, -0.25) is 0 Å². The van der Waals surface area contributed by atoms with E-state index >= 15 is 0 Å². The predicted molar refractivity (Wildman–Crippen MR) is 77.8 cm³/mol. The summed E-state index contributed by atoms with van der Waals surface area (Å²) < 4.78 is 0. The van der Waals surface area contributed by atoms with Gasteiger partial charge >= 0.3 is 0 Å². The fourth-order valence-corrected chi connectivity index (χ4v) is 2.07. The van der Waals surface area contributed by atoms with Gasteiger partial charge in [0.05, 0.1) is 0 Å². The number of nitrogens with one attached hydrogen (secondary N) is 1. The highest BCUT2D eigenvalue weighted by Gasteiger charge is 1.93. The summed E-state index contributed by atoms with van der Waals surface area (Å²) in [4.78, 5) is 0. The van der Waals surface area contributed by atoms with Crippen molar-refractivity contribution in [2.24, 2.45) is 0 Å². The summed E-state index contributed by atoms with van der Waals surface area (Å²) in [7, 11) is 0. The quantitative estimate of drug-likeness (QED) is 0.590. The summed E-state index contributed by atoms with van der Waals surface area (Å²) in [6, 6.07) is 10.6. The Bertz CT molecular complexity index is 274. The molecule has 0 aliphatic rings. The summed E-state index contributed by atoms with van der Waals surface area (Å²) >= 11 is 0. The minimum Gasteiger partial charge on any atom is -0.396 e. The molecule has 0 aliphatic carbocycles. The zero-order chi connectivity index (χ0) is 12.9. The molecule has 2 heteroatoms. The number of benzene rings is 1. The van der Waals surface area contributed by atoms with E-state index in [1.54, 1.807) is 0 Å². The van der Waals surface area contributed by atoms with Crippen LogP contribution in [0.2, 0.25) is 0 Å². The highest BCUT2D eigenvalue weighted by Crippen LogP contribution is 2.04. The number of hydrogen-bond acceptors (Lipinski definition) is 2. The molecule has 0 amide bonds. The normalized spacial score (nSPS) is 10.7. The lowest BCUT2D eigenvalue weighted by atomic mass is 10.1. The second-order valence-electron chi connectivity index (χ2n) is 4.83. The lowest BCUT2D eigenvalue weighted by molar-refractivity contribution is 0.282. The van der Waals surface area contributed by atoms with Crippen LogP contribution in [-0.4, -0.2) is 24.8 Å². The predicted octanol–water partition coefficient (Wildman–Crippen LogP) is 3.15. The molecule has 18 heavy (non-hydrogen) atoms. The molecule has 0 radical (unpaired) electrons. The monoisotopic (exact) mass is 249 g/mol. The standard InChI is InChI=1S/C16H27NO/c18-15-9-4-2-1-3-8-13-17-14-12-16-10-6-5-7-11-16/h5-7,10-11,17-18H,1-4,8-9,12-15H2. The third-order valence-electron chi connectivity index (χ3n) is 3.19. The molecule has 0 saturated heterocycles. The molecular weight excluding hydrogens is 222 g/mol. The lowest BCUT2D eigenvalue weighted by Crippen LogP contribution is -2.18. The maximum Gasteiger partial charge on any atom is 0.0431 e. The van der Waals surface area contributed by atoms with Gasteiger partial charge in [-0.05, 0) is 37.9 Å². The molecular formula is C16H27NO. The molecule has 0 atom stereocenters. The summed E-state index contributed by atoms with van der Waals surface area (Å²) in [6.45, 7) is 2.56. The zero-order valence-corrected chi connectivity index (χ0v) is 11.4. The Labute approximate surface area is 111 Å². The van der Waals surface area contributed by atoms with Gasteiger partial charge in [0.2, 0.25) is 0 Å². The van der Waals surface area contributed by atoms with E-state index in [1.165, 1.54) is 37.7 Å². The smallest absolute Gasteiger partial charge is 0.0431 e. The van der Waals surface area contributed by atoms with Crippen LogP contribution < -0.4 is 5.32 Å². The molecule has 0 aromatic heterocycles. The fraction of sp³-hybridized carbons (Fsp3) is 0.625. The molecule has 0 spiro atoms. The van der Waals surface area contributed by atoms with E-state index in [2.05, 4.69) is 35.6 Å². The third-order valence-corrected chi connectivity index (χ3v) is 3.19. The van der Waals surface area contributed by atoms with Crippen LogP contribution >= 0.6 is 0 Å². The van der Waals surface area contributed by atoms with Crippen molar-refractivity contribution in [1.82, 2.24) is 5.32 Å². The molecule has 1 aromatic rings. The first-order valence-corrected chi connectivity index (χ1v) is 7.29. The van der Waals surface area contributed by atoms with E-state index in [0.29, 0.717) is 6.61 Å². The van der Waals surface area contributed by atoms with Crippen LogP contribution in [0.1, 0.15) is 44.1 Å². The molecule has 0 aliphatic heterocycles. The zero-order valence-electron chi connectivity index (χ0n) is 11.4. The van der Waals surface area contributed by atoms with Gasteiger partial charge in [0.25, 0.3) is 0 Å². The molecule has 0 unspecified atom stereocenters. The molecule has 0 bridgehead atoms. The van der Waals surface area contributed by atoms with Gasteiger partial charge in [0.1, 0.15) is 0 Å². The third kappa shape index (κ3) is 8.26. The second kappa shape index (κ2) is 11.2. The highest BCUT2D eigenvalue weighted by molar-refractivity contribution is 5.14. The van der Waals surface area contributed by atoms with Gasteiger partial charge in [-0.25, -0.2) is 0 Å². The highest BCUT2D eigenvalue weighted by atomic mass is 16.2. The Hall–Kier alpha value is -0.860. The van der Waals surface area contributed by atoms with Gasteiger partial charge in [-0.1, -0.05) is 56.0 Å². The molecule has 0 saturated carbocycles. The Morgan fingerprint density at radius 1 is 0.778 bits per heavy atom. The minimum atomic E-state index is 0.348. The van der Waals surface area contributed by atoms with Crippen molar-refractivity contribution >= 4 is 0 Å². The molecule has 0 fully saturated rings. The number of hydrogen-bond donors (Lipinski definition) is 2. The van der Waals surface area contributed by atoms with E-state index in [9.17, 15) is 0 Å². The number of unbranched alkanes of at least 4 members (excludes halogenated alkanes) is 5. The molecule has 102 valence electrons. The van der Waals surface area contributed by atoms with Crippen LogP contribution in [0.4, 0.5) is 0 Å². The first kappa shape index (κ1) is 15.2. The van der Waals surface area contributed by atoms with Crippen LogP contribution in [0, 0.1) is 0 Å². The molecule has 1 aromatic carbocycles. The Balaban J connectivity index is 1.82. The van der Waals surface area contributed by atoms with Crippen LogP contribution in [0.25, 0.3) is 0 Å². The maximum atomic E-state index is 8.65. The first-order valence-electron chi connectivity index (χ1n) is 7.29. The van der Waals surface area contributed by atoms with E-state index < -0.39 is 0 Å². The van der Waals surface area contributed by atoms with Gasteiger partial charge in [0, 0.05) is 6.61 Å². The summed E-state index contributed by atoms with van der Waals surface area (Å²) in [5.41, 5.74) is 1.41. The van der Waals surface area contributed by atoms with Crippen molar-refractivity contribution in [2.75, 3.05) is 19.7 Å². The average molecular weight is 249 g/mol. The van der Waals surface area contributed by atoms with Crippen molar-refractivity contribution in [3.8, 4) is 0 Å². The summed E-state index contributed by atoms with van der Waals surface area (Å²) in [5, 5.41) is 12.1. The van der Waals surface area contributed by atoms with Crippen LogP contribution in [-0.2, 0) is 6.42 Å². The summed E-state index contributed by atoms with van der Waals surface area (Å²) in [5.74, 6) is 0. The van der Waals surface area contributed by atoms with Crippen LogP contribution in [0.3, 0.4) is 0 Å². The van der Waals surface area contributed by atoms with Crippen LogP contribution in [0.5, 0.6) is 0 Å². The van der Waals surface area contributed by atoms with Crippen molar-refractivity contribution < 1.29 is 5.11 Å². The maximum absolute atomic E-state index is 8.65. The molecule has 2 nitrogen and oxygen atoms in total. The molecule has 0 heterocycles. The van der Waals surface area contributed by atoms with Crippen molar-refractivity contribution in [3.63, 3.8) is 0 Å². The largest absolute Gasteiger partial charge is 0.396 e. The van der Waals surface area contributed by atoms with Crippen molar-refractivity contribution in [1.29, 1.82) is 0 Å². The van der Waals surface area contributed by atoms with Gasteiger partial charge in [0.15, 0.2) is 0 Å². The van der Waals surface area contributed by atoms with Gasteiger partial charge < -0.3 is 10.4 Å². The first-order chi connectivity index (χ1) is 8.93. The summed E-state index contributed by atoms with van der Waals surface area (Å²) in [6.07, 6.45) is 8.42. The van der Waals surface area contributed by atoms with Crippen LogP contribution in [0.15, 0.2) is 30.3 Å². The Kier molecular flexibility index (Phi) is 9.49. The van der Waals surface area contributed by atoms with E-state index in [1.807, 2.05) is 0 Å². The van der Waals surface area contributed by atoms with Crippen molar-refractivity contribution in [3.05, 3.63) is 35.9 Å². The van der Waals surface area contributed by atoms with Gasteiger partial charge in [-0.15, -0.1) is 0 Å². The SMILES string of the molecule is OCCCCCCCCNCCc1ccccc1. The van der Waals surface area contributed by atoms with Gasteiger partial charge in [-0.2, -0.15) is 0 Å². The van der Waals surface area contributed by atoms with E-state index in [0.717, 1.165) is 25.9 Å². The number of aliphatic hydroxyl groups excluding tert-OH is 1.